The van der Waals surface area contributed by atoms with Crippen LogP contribution in [0.2, 0.25) is 0 Å². The van der Waals surface area contributed by atoms with Crippen LogP contribution in [0, 0.1) is 0 Å². The third kappa shape index (κ3) is 4.06. The molecule has 0 aromatic rings. The largest absolute Gasteiger partial charge is 0.315 e. The Morgan fingerprint density at radius 1 is 1.45 bits per heavy atom. The van der Waals surface area contributed by atoms with E-state index >= 15 is 0 Å². The molecule has 0 bridgehead atoms. The van der Waals surface area contributed by atoms with Gasteiger partial charge in [-0.15, -0.1) is 11.6 Å². The summed E-state index contributed by atoms with van der Waals surface area (Å²) >= 11 is 5.83. The highest BCUT2D eigenvalue weighted by Crippen LogP contribution is 2.03. The summed E-state index contributed by atoms with van der Waals surface area (Å²) in [5.74, 6) is 0. The summed E-state index contributed by atoms with van der Waals surface area (Å²) in [6.07, 6.45) is 5.48. The molecule has 0 rings (SSSR count). The van der Waals surface area contributed by atoms with E-state index < -0.39 is 0 Å². The van der Waals surface area contributed by atoms with Crippen LogP contribution >= 0.6 is 11.6 Å². The maximum absolute atomic E-state index is 5.83. The topological polar surface area (TPSA) is 6.48 Å². The summed E-state index contributed by atoms with van der Waals surface area (Å²) in [4.78, 5) is 0. The van der Waals surface area contributed by atoms with Crippen LogP contribution in [0.5, 0.6) is 0 Å². The first kappa shape index (κ1) is 10.5. The second kappa shape index (κ2) is 5.22. The Bertz CT molecular complexity index is 143. The van der Waals surface area contributed by atoms with E-state index in [0.29, 0.717) is 0 Å². The Labute approximate surface area is 73.7 Å². The second-order valence-electron chi connectivity index (χ2n) is 2.30. The number of halogens is 1. The first-order valence-corrected chi connectivity index (χ1v) is 3.92. The molecule has 11 heavy (non-hydrogen) atoms. The molecule has 0 saturated carbocycles. The molecule has 0 radical (unpaired) electrons. The molecule has 2 nitrogen and oxygen atoms in total. The van der Waals surface area contributed by atoms with Crippen LogP contribution in [0.3, 0.4) is 0 Å². The van der Waals surface area contributed by atoms with E-state index in [0.717, 1.165) is 0 Å². The lowest BCUT2D eigenvalue weighted by Crippen LogP contribution is -2.36. The zero-order valence-corrected chi connectivity index (χ0v) is 8.04. The Hall–Kier alpha value is -0.470. The van der Waals surface area contributed by atoms with Crippen LogP contribution in [-0.2, 0) is 0 Å². The Kier molecular flexibility index (Phi) is 4.99. The average molecular weight is 175 g/mol. The van der Waals surface area contributed by atoms with Crippen molar-refractivity contribution in [3.8, 4) is 0 Å². The molecular formula is C8H15ClN2. The lowest BCUT2D eigenvalue weighted by atomic mass is 10.6. The fraction of sp³-hybridized carbons (Fsp3) is 0.500. The van der Waals surface area contributed by atoms with Crippen molar-refractivity contribution in [2.45, 2.75) is 12.4 Å². The van der Waals surface area contributed by atoms with E-state index in [1.54, 1.807) is 6.08 Å². The average Bonchev–Trinajstić information content (AvgIpc) is 1.98. The van der Waals surface area contributed by atoms with Gasteiger partial charge in [-0.2, -0.15) is 0 Å². The van der Waals surface area contributed by atoms with Crippen molar-refractivity contribution in [1.82, 2.24) is 10.0 Å². The second-order valence-corrected chi connectivity index (χ2v) is 2.93. The van der Waals surface area contributed by atoms with Gasteiger partial charge in [-0.3, -0.25) is 0 Å². The van der Waals surface area contributed by atoms with Gasteiger partial charge in [0.05, 0.1) is 5.50 Å². The van der Waals surface area contributed by atoms with Gasteiger partial charge >= 0.3 is 0 Å². The van der Waals surface area contributed by atoms with E-state index in [1.165, 1.54) is 0 Å². The summed E-state index contributed by atoms with van der Waals surface area (Å²) in [5, 5.41) is 3.81. The zero-order valence-electron chi connectivity index (χ0n) is 7.29. The number of nitrogens with zero attached hydrogens (tertiary/aromatic N) is 2. The highest BCUT2D eigenvalue weighted by atomic mass is 35.5. The molecule has 0 amide bonds. The Morgan fingerprint density at radius 3 is 2.36 bits per heavy atom. The molecular weight excluding hydrogens is 160 g/mol. The van der Waals surface area contributed by atoms with Crippen molar-refractivity contribution in [2.75, 3.05) is 14.1 Å². The molecule has 0 spiro atoms. The molecule has 0 fully saturated rings. The van der Waals surface area contributed by atoms with Crippen LogP contribution in [-0.4, -0.2) is 29.6 Å². The van der Waals surface area contributed by atoms with Crippen LogP contribution in [0.1, 0.15) is 6.92 Å². The molecule has 0 aromatic heterocycles. The molecule has 0 aliphatic carbocycles. The van der Waals surface area contributed by atoms with Gasteiger partial charge in [0.1, 0.15) is 0 Å². The normalized spacial score (nSPS) is 13.9. The summed E-state index contributed by atoms with van der Waals surface area (Å²) in [6, 6.07) is 0. The highest BCUT2D eigenvalue weighted by Gasteiger charge is 2.06. The number of hydrogen-bond acceptors (Lipinski definition) is 2. The molecule has 0 aromatic carbocycles. The predicted molar refractivity (Wildman–Crippen MR) is 50.2 cm³/mol. The number of rotatable bonds is 4. The molecule has 0 saturated heterocycles. The van der Waals surface area contributed by atoms with E-state index in [2.05, 4.69) is 6.58 Å². The van der Waals surface area contributed by atoms with E-state index in [4.69, 9.17) is 11.6 Å². The van der Waals surface area contributed by atoms with Gasteiger partial charge < -0.3 is 5.01 Å². The fourth-order valence-corrected chi connectivity index (χ4v) is 0.679. The fourth-order valence-electron chi connectivity index (χ4n) is 0.542. The van der Waals surface area contributed by atoms with Gasteiger partial charge in [-0.25, -0.2) is 5.01 Å². The number of alkyl halides is 1. The SMILES string of the molecule is C=C/C=C/N(C)N(C)C(C)Cl. The van der Waals surface area contributed by atoms with Gasteiger partial charge in [-0.05, 0) is 13.0 Å². The lowest BCUT2D eigenvalue weighted by Gasteiger charge is -2.28. The summed E-state index contributed by atoms with van der Waals surface area (Å²) in [5.41, 5.74) is -0.00512. The first-order valence-electron chi connectivity index (χ1n) is 3.48. The smallest absolute Gasteiger partial charge is 0.0999 e. The van der Waals surface area contributed by atoms with Crippen LogP contribution in [0.4, 0.5) is 0 Å². The van der Waals surface area contributed by atoms with Crippen LogP contribution in [0.25, 0.3) is 0 Å². The molecule has 3 heteroatoms. The van der Waals surface area contributed by atoms with Crippen molar-refractivity contribution < 1.29 is 0 Å². The quantitative estimate of drug-likeness (QED) is 0.279. The van der Waals surface area contributed by atoms with Crippen molar-refractivity contribution in [1.29, 1.82) is 0 Å². The third-order valence-electron chi connectivity index (χ3n) is 1.45. The number of hydrogen-bond donors (Lipinski definition) is 0. The van der Waals surface area contributed by atoms with E-state index in [9.17, 15) is 0 Å². The molecule has 1 unspecified atom stereocenters. The van der Waals surface area contributed by atoms with Crippen molar-refractivity contribution in [3.63, 3.8) is 0 Å². The minimum absolute atomic E-state index is 0.00512. The zero-order chi connectivity index (χ0) is 8.85. The van der Waals surface area contributed by atoms with Crippen LogP contribution < -0.4 is 0 Å². The van der Waals surface area contributed by atoms with Gasteiger partial charge in [0.2, 0.25) is 0 Å². The van der Waals surface area contributed by atoms with Crippen molar-refractivity contribution in [2.24, 2.45) is 0 Å². The van der Waals surface area contributed by atoms with Gasteiger partial charge in [-0.1, -0.05) is 12.7 Å². The number of allylic oxidation sites excluding steroid dienone is 2. The summed E-state index contributed by atoms with van der Waals surface area (Å²) in [6.45, 7) is 5.49. The highest BCUT2D eigenvalue weighted by molar-refractivity contribution is 6.19. The maximum Gasteiger partial charge on any atom is 0.0999 e. The molecule has 0 aliphatic heterocycles. The third-order valence-corrected chi connectivity index (χ3v) is 1.73. The molecule has 0 heterocycles. The first-order chi connectivity index (χ1) is 5.09. The Morgan fingerprint density at radius 2 is 2.00 bits per heavy atom. The lowest BCUT2D eigenvalue weighted by molar-refractivity contribution is 0.0706. The van der Waals surface area contributed by atoms with E-state index in [-0.39, 0.29) is 5.50 Å². The van der Waals surface area contributed by atoms with Crippen molar-refractivity contribution >= 4 is 11.6 Å². The predicted octanol–water partition coefficient (Wildman–Crippen LogP) is 2.05. The molecule has 1 atom stereocenters. The van der Waals surface area contributed by atoms with Crippen molar-refractivity contribution in [3.05, 3.63) is 24.9 Å². The minimum Gasteiger partial charge on any atom is -0.315 e. The van der Waals surface area contributed by atoms with Gasteiger partial charge in [0.25, 0.3) is 0 Å². The molecule has 64 valence electrons. The Balaban J connectivity index is 3.91. The monoisotopic (exact) mass is 174 g/mol. The molecule has 0 N–H and O–H groups in total. The molecule has 0 aliphatic rings. The van der Waals surface area contributed by atoms with Crippen LogP contribution in [0.15, 0.2) is 24.9 Å². The number of hydrazine groups is 1. The van der Waals surface area contributed by atoms with Gasteiger partial charge in [0.15, 0.2) is 0 Å². The standard InChI is InChI=1S/C8H15ClN2/c1-5-6-7-10(3)11(4)8(2)9/h5-8H,1H2,2-4H3/b7-6+. The summed E-state index contributed by atoms with van der Waals surface area (Å²) in [7, 11) is 3.85. The van der Waals surface area contributed by atoms with Gasteiger partial charge in [0, 0.05) is 20.3 Å². The summed E-state index contributed by atoms with van der Waals surface area (Å²) < 4.78 is 0. The van der Waals surface area contributed by atoms with E-state index in [1.807, 2.05) is 43.3 Å². The maximum atomic E-state index is 5.83. The minimum atomic E-state index is -0.00512.